The number of fused-ring (bicyclic) bond motifs is 1. The fourth-order valence-electron chi connectivity index (χ4n) is 2.53. The van der Waals surface area contributed by atoms with Crippen molar-refractivity contribution in [1.29, 1.82) is 0 Å². The summed E-state index contributed by atoms with van der Waals surface area (Å²) < 4.78 is 5.65. The Balaban J connectivity index is 2.00. The van der Waals surface area contributed by atoms with Gasteiger partial charge in [-0.2, -0.15) is 0 Å². The maximum absolute atomic E-state index is 5.65. The molecule has 2 fully saturated rings. The summed E-state index contributed by atoms with van der Waals surface area (Å²) in [6.45, 7) is 0.994. The van der Waals surface area contributed by atoms with Crippen LogP contribution >= 0.6 is 0 Å². The summed E-state index contributed by atoms with van der Waals surface area (Å²) in [6.07, 6.45) is 5.84. The molecular weight excluding hydrogens is 138 g/mol. The predicted octanol–water partition coefficient (Wildman–Crippen LogP) is 1.16. The lowest BCUT2D eigenvalue weighted by atomic mass is 9.82. The van der Waals surface area contributed by atoms with Crippen molar-refractivity contribution in [3.63, 3.8) is 0 Å². The molecule has 1 aliphatic heterocycles. The van der Waals surface area contributed by atoms with Crippen LogP contribution in [0.1, 0.15) is 25.7 Å². The molecule has 0 radical (unpaired) electrons. The van der Waals surface area contributed by atoms with E-state index in [2.05, 4.69) is 12.4 Å². The molecule has 1 saturated carbocycles. The molecule has 0 aromatic heterocycles. The Labute approximate surface area is 68.3 Å². The van der Waals surface area contributed by atoms with Crippen LogP contribution in [0.2, 0.25) is 0 Å². The SMILES string of the molecule is CN[C@@H]1CCC[C@@H]2OCC[C@H]21. The van der Waals surface area contributed by atoms with E-state index >= 15 is 0 Å². The highest BCUT2D eigenvalue weighted by Gasteiger charge is 2.36. The molecule has 1 saturated heterocycles. The van der Waals surface area contributed by atoms with Gasteiger partial charge in [-0.1, -0.05) is 0 Å². The van der Waals surface area contributed by atoms with E-state index in [1.165, 1.54) is 25.7 Å². The third kappa shape index (κ3) is 1.30. The van der Waals surface area contributed by atoms with Gasteiger partial charge in [0.2, 0.25) is 0 Å². The van der Waals surface area contributed by atoms with Crippen molar-refractivity contribution < 1.29 is 4.74 Å². The van der Waals surface area contributed by atoms with Crippen LogP contribution in [0.15, 0.2) is 0 Å². The van der Waals surface area contributed by atoms with Crippen LogP contribution in [0.4, 0.5) is 0 Å². The molecule has 1 heterocycles. The second kappa shape index (κ2) is 3.11. The smallest absolute Gasteiger partial charge is 0.0619 e. The van der Waals surface area contributed by atoms with E-state index in [1.54, 1.807) is 0 Å². The van der Waals surface area contributed by atoms with Crippen LogP contribution in [-0.2, 0) is 4.74 Å². The van der Waals surface area contributed by atoms with Crippen molar-refractivity contribution in [2.24, 2.45) is 5.92 Å². The topological polar surface area (TPSA) is 21.3 Å². The molecule has 0 bridgehead atoms. The molecule has 0 aromatic rings. The summed E-state index contributed by atoms with van der Waals surface area (Å²) in [5.74, 6) is 0.814. The van der Waals surface area contributed by atoms with Crippen LogP contribution < -0.4 is 5.32 Å². The second-order valence-corrected chi connectivity index (χ2v) is 3.69. The molecule has 64 valence electrons. The van der Waals surface area contributed by atoms with E-state index in [9.17, 15) is 0 Å². The van der Waals surface area contributed by atoms with E-state index in [-0.39, 0.29) is 0 Å². The first-order valence-electron chi connectivity index (χ1n) is 4.70. The van der Waals surface area contributed by atoms with E-state index in [0.717, 1.165) is 18.6 Å². The van der Waals surface area contributed by atoms with Gasteiger partial charge in [-0.15, -0.1) is 0 Å². The Hall–Kier alpha value is -0.0800. The first kappa shape index (κ1) is 7.56. The van der Waals surface area contributed by atoms with Gasteiger partial charge in [0.15, 0.2) is 0 Å². The molecule has 0 unspecified atom stereocenters. The molecule has 0 amide bonds. The maximum Gasteiger partial charge on any atom is 0.0619 e. The van der Waals surface area contributed by atoms with Crippen molar-refractivity contribution in [3.8, 4) is 0 Å². The molecule has 2 rings (SSSR count). The number of hydrogen-bond acceptors (Lipinski definition) is 2. The van der Waals surface area contributed by atoms with Crippen molar-refractivity contribution >= 4 is 0 Å². The van der Waals surface area contributed by atoms with Gasteiger partial charge in [-0.3, -0.25) is 0 Å². The third-order valence-corrected chi connectivity index (χ3v) is 3.15. The van der Waals surface area contributed by atoms with Crippen LogP contribution in [0.5, 0.6) is 0 Å². The van der Waals surface area contributed by atoms with Crippen molar-refractivity contribution in [3.05, 3.63) is 0 Å². The molecule has 2 nitrogen and oxygen atoms in total. The van der Waals surface area contributed by atoms with Crippen molar-refractivity contribution in [2.75, 3.05) is 13.7 Å². The summed E-state index contributed by atoms with van der Waals surface area (Å²) in [5, 5.41) is 3.40. The highest BCUT2D eigenvalue weighted by molar-refractivity contribution is 4.89. The molecule has 11 heavy (non-hydrogen) atoms. The summed E-state index contributed by atoms with van der Waals surface area (Å²) in [6, 6.07) is 0.733. The Morgan fingerprint density at radius 1 is 1.27 bits per heavy atom. The maximum atomic E-state index is 5.65. The van der Waals surface area contributed by atoms with E-state index in [0.29, 0.717) is 6.10 Å². The fourth-order valence-corrected chi connectivity index (χ4v) is 2.53. The number of ether oxygens (including phenoxy) is 1. The van der Waals surface area contributed by atoms with E-state index in [1.807, 2.05) is 0 Å². The monoisotopic (exact) mass is 155 g/mol. The largest absolute Gasteiger partial charge is 0.378 e. The highest BCUT2D eigenvalue weighted by atomic mass is 16.5. The van der Waals surface area contributed by atoms with Gasteiger partial charge in [0.25, 0.3) is 0 Å². The van der Waals surface area contributed by atoms with Crippen LogP contribution in [0.25, 0.3) is 0 Å². The Morgan fingerprint density at radius 2 is 2.18 bits per heavy atom. The van der Waals surface area contributed by atoms with Crippen LogP contribution in [0, 0.1) is 5.92 Å². The molecule has 0 aromatic carbocycles. The van der Waals surface area contributed by atoms with Gasteiger partial charge in [0, 0.05) is 18.6 Å². The van der Waals surface area contributed by atoms with Gasteiger partial charge < -0.3 is 10.1 Å². The van der Waals surface area contributed by atoms with E-state index < -0.39 is 0 Å². The standard InChI is InChI=1S/C9H17NO/c1-10-8-3-2-4-9-7(8)5-6-11-9/h7-10H,2-6H2,1H3/t7-,8+,9-/m0/s1. The minimum Gasteiger partial charge on any atom is -0.378 e. The molecule has 3 atom stereocenters. The quantitative estimate of drug-likeness (QED) is 0.613. The second-order valence-electron chi connectivity index (χ2n) is 3.69. The minimum absolute atomic E-state index is 0.584. The minimum atomic E-state index is 0.584. The van der Waals surface area contributed by atoms with Gasteiger partial charge in [0.1, 0.15) is 0 Å². The lowest BCUT2D eigenvalue weighted by Gasteiger charge is -2.32. The summed E-state index contributed by atoms with van der Waals surface area (Å²) in [4.78, 5) is 0. The lowest BCUT2D eigenvalue weighted by Crippen LogP contribution is -2.41. The van der Waals surface area contributed by atoms with Gasteiger partial charge in [-0.05, 0) is 32.7 Å². The Kier molecular flexibility index (Phi) is 2.14. The first-order valence-corrected chi connectivity index (χ1v) is 4.70. The average molecular weight is 155 g/mol. The molecule has 2 aliphatic rings. The normalized spacial score (nSPS) is 43.9. The zero-order valence-corrected chi connectivity index (χ0v) is 7.18. The van der Waals surface area contributed by atoms with Crippen LogP contribution in [0.3, 0.4) is 0 Å². The number of rotatable bonds is 1. The zero-order chi connectivity index (χ0) is 7.68. The van der Waals surface area contributed by atoms with Crippen LogP contribution in [-0.4, -0.2) is 25.8 Å². The Morgan fingerprint density at radius 3 is 3.00 bits per heavy atom. The zero-order valence-electron chi connectivity index (χ0n) is 7.18. The van der Waals surface area contributed by atoms with Gasteiger partial charge >= 0.3 is 0 Å². The summed E-state index contributed by atoms with van der Waals surface area (Å²) in [5.41, 5.74) is 0. The van der Waals surface area contributed by atoms with Crippen molar-refractivity contribution in [2.45, 2.75) is 37.8 Å². The first-order chi connectivity index (χ1) is 5.42. The number of hydrogen-bond donors (Lipinski definition) is 1. The highest BCUT2D eigenvalue weighted by Crippen LogP contribution is 2.33. The molecule has 1 aliphatic carbocycles. The third-order valence-electron chi connectivity index (χ3n) is 3.15. The molecule has 2 heteroatoms. The Bertz CT molecular complexity index is 138. The predicted molar refractivity (Wildman–Crippen MR) is 44.5 cm³/mol. The van der Waals surface area contributed by atoms with Gasteiger partial charge in [0.05, 0.1) is 6.10 Å². The summed E-state index contributed by atoms with van der Waals surface area (Å²) in [7, 11) is 2.07. The molecule has 0 spiro atoms. The molecule has 1 N–H and O–H groups in total. The number of nitrogens with one attached hydrogen (secondary N) is 1. The lowest BCUT2D eigenvalue weighted by molar-refractivity contribution is 0.0546. The molecular formula is C9H17NO. The van der Waals surface area contributed by atoms with Gasteiger partial charge in [-0.25, -0.2) is 0 Å². The average Bonchev–Trinajstić information content (AvgIpc) is 2.50. The fraction of sp³-hybridized carbons (Fsp3) is 1.00. The van der Waals surface area contributed by atoms with E-state index in [4.69, 9.17) is 4.74 Å². The van der Waals surface area contributed by atoms with Crippen molar-refractivity contribution in [1.82, 2.24) is 5.32 Å². The summed E-state index contributed by atoms with van der Waals surface area (Å²) >= 11 is 0.